The van der Waals surface area contributed by atoms with Crippen LogP contribution < -0.4 is 10.5 Å². The minimum Gasteiger partial charge on any atom is -0.508 e. The number of allylic oxidation sites excluding steroid dienone is 1. The standard InChI is InChI=1S/C16H10Cl2N2O2/c17-8-1-3-10(13(18)5-8)15-11-4-2-9(21)6-14(11)22-16(20)12(15)7-19/h1-6,15,21H,20H2. The van der Waals surface area contributed by atoms with Crippen LogP contribution in [0.25, 0.3) is 0 Å². The molecule has 0 radical (unpaired) electrons. The first kappa shape index (κ1) is 14.6. The molecule has 0 bridgehead atoms. The number of fused-ring (bicyclic) bond motifs is 1. The summed E-state index contributed by atoms with van der Waals surface area (Å²) in [6.45, 7) is 0. The zero-order chi connectivity index (χ0) is 15.9. The average molecular weight is 333 g/mol. The Labute approximate surface area is 136 Å². The number of benzene rings is 2. The number of phenols is 1. The zero-order valence-corrected chi connectivity index (χ0v) is 12.7. The van der Waals surface area contributed by atoms with E-state index in [1.54, 1.807) is 24.3 Å². The third-order valence-electron chi connectivity index (χ3n) is 3.48. The maximum atomic E-state index is 9.60. The van der Waals surface area contributed by atoms with Crippen molar-refractivity contribution in [3.8, 4) is 17.6 Å². The van der Waals surface area contributed by atoms with E-state index in [0.717, 1.165) is 0 Å². The van der Waals surface area contributed by atoms with Crippen LogP contribution in [0.3, 0.4) is 0 Å². The summed E-state index contributed by atoms with van der Waals surface area (Å²) in [5, 5.41) is 20.0. The molecular formula is C16H10Cl2N2O2. The highest BCUT2D eigenvalue weighted by molar-refractivity contribution is 6.35. The maximum absolute atomic E-state index is 9.60. The predicted octanol–water partition coefficient (Wildman–Crippen LogP) is 3.92. The number of halogens is 2. The van der Waals surface area contributed by atoms with Crippen LogP contribution in [0, 0.1) is 11.3 Å². The van der Waals surface area contributed by atoms with E-state index in [2.05, 4.69) is 6.07 Å². The number of nitrogens with zero attached hydrogens (tertiary/aromatic N) is 1. The molecule has 0 aliphatic carbocycles. The van der Waals surface area contributed by atoms with Gasteiger partial charge >= 0.3 is 0 Å². The molecule has 4 nitrogen and oxygen atoms in total. The summed E-state index contributed by atoms with van der Waals surface area (Å²) < 4.78 is 5.44. The Balaban J connectivity index is 2.26. The van der Waals surface area contributed by atoms with Gasteiger partial charge in [0.05, 0.1) is 5.92 Å². The lowest BCUT2D eigenvalue weighted by Gasteiger charge is -2.27. The van der Waals surface area contributed by atoms with Gasteiger partial charge in [0.25, 0.3) is 0 Å². The minimum absolute atomic E-state index is 0.00313. The molecule has 1 atom stereocenters. The number of rotatable bonds is 1. The molecule has 22 heavy (non-hydrogen) atoms. The van der Waals surface area contributed by atoms with Crippen molar-refractivity contribution in [2.45, 2.75) is 5.92 Å². The topological polar surface area (TPSA) is 79.3 Å². The highest BCUT2D eigenvalue weighted by atomic mass is 35.5. The van der Waals surface area contributed by atoms with E-state index in [9.17, 15) is 10.4 Å². The van der Waals surface area contributed by atoms with Gasteiger partial charge in [-0.3, -0.25) is 0 Å². The van der Waals surface area contributed by atoms with Crippen molar-refractivity contribution < 1.29 is 9.84 Å². The van der Waals surface area contributed by atoms with Crippen molar-refractivity contribution in [3.05, 3.63) is 69.0 Å². The smallest absolute Gasteiger partial charge is 0.205 e. The lowest BCUT2D eigenvalue weighted by molar-refractivity contribution is 0.388. The lowest BCUT2D eigenvalue weighted by Crippen LogP contribution is -2.21. The summed E-state index contributed by atoms with van der Waals surface area (Å²) in [5.74, 6) is -0.0313. The first-order chi connectivity index (χ1) is 10.5. The van der Waals surface area contributed by atoms with Gasteiger partial charge in [0.15, 0.2) is 0 Å². The van der Waals surface area contributed by atoms with E-state index in [4.69, 9.17) is 33.7 Å². The molecule has 110 valence electrons. The van der Waals surface area contributed by atoms with Crippen molar-refractivity contribution >= 4 is 23.2 Å². The van der Waals surface area contributed by atoms with Crippen molar-refractivity contribution in [3.63, 3.8) is 0 Å². The van der Waals surface area contributed by atoms with Crippen LogP contribution in [0.15, 0.2) is 47.9 Å². The lowest BCUT2D eigenvalue weighted by atomic mass is 9.83. The Hall–Kier alpha value is -2.35. The summed E-state index contributed by atoms with van der Waals surface area (Å²) in [6.07, 6.45) is 0. The van der Waals surface area contributed by atoms with Gasteiger partial charge in [0.2, 0.25) is 5.88 Å². The van der Waals surface area contributed by atoms with Crippen LogP contribution in [0.4, 0.5) is 0 Å². The molecule has 0 aromatic heterocycles. The van der Waals surface area contributed by atoms with E-state index in [0.29, 0.717) is 26.9 Å². The van der Waals surface area contributed by atoms with Crippen LogP contribution in [-0.2, 0) is 0 Å². The summed E-state index contributed by atoms with van der Waals surface area (Å²) in [6, 6.07) is 11.8. The van der Waals surface area contributed by atoms with E-state index < -0.39 is 5.92 Å². The van der Waals surface area contributed by atoms with Crippen LogP contribution in [-0.4, -0.2) is 5.11 Å². The van der Waals surface area contributed by atoms with Crippen LogP contribution in [0.5, 0.6) is 11.5 Å². The fourth-order valence-electron chi connectivity index (χ4n) is 2.50. The van der Waals surface area contributed by atoms with Gasteiger partial charge in [0.1, 0.15) is 23.1 Å². The van der Waals surface area contributed by atoms with E-state index in [-0.39, 0.29) is 17.2 Å². The third kappa shape index (κ3) is 2.35. The second-order valence-corrected chi connectivity index (χ2v) is 5.66. The minimum atomic E-state index is -0.473. The van der Waals surface area contributed by atoms with E-state index >= 15 is 0 Å². The number of nitriles is 1. The normalized spacial score (nSPS) is 16.7. The average Bonchev–Trinajstić information content (AvgIpc) is 2.46. The molecule has 1 aliphatic rings. The molecule has 0 saturated carbocycles. The molecule has 0 saturated heterocycles. The molecule has 3 rings (SSSR count). The zero-order valence-electron chi connectivity index (χ0n) is 11.2. The van der Waals surface area contributed by atoms with Gasteiger partial charge in [-0.1, -0.05) is 35.3 Å². The van der Waals surface area contributed by atoms with Gasteiger partial charge in [-0.2, -0.15) is 5.26 Å². The molecule has 6 heteroatoms. The van der Waals surface area contributed by atoms with Gasteiger partial charge in [-0.05, 0) is 23.8 Å². The van der Waals surface area contributed by atoms with Crippen molar-refractivity contribution in [1.82, 2.24) is 0 Å². The number of aromatic hydroxyl groups is 1. The number of nitrogens with two attached hydrogens (primary N) is 1. The van der Waals surface area contributed by atoms with Crippen LogP contribution in [0.2, 0.25) is 10.0 Å². The first-order valence-corrected chi connectivity index (χ1v) is 7.12. The molecule has 3 N–H and O–H groups in total. The van der Waals surface area contributed by atoms with Crippen LogP contribution >= 0.6 is 23.2 Å². The number of ether oxygens (including phenoxy) is 1. The Morgan fingerprint density at radius 3 is 2.55 bits per heavy atom. The van der Waals surface area contributed by atoms with E-state index in [1.165, 1.54) is 12.1 Å². The Morgan fingerprint density at radius 2 is 1.86 bits per heavy atom. The molecule has 2 aromatic rings. The maximum Gasteiger partial charge on any atom is 0.205 e. The summed E-state index contributed by atoms with van der Waals surface area (Å²) in [7, 11) is 0. The molecule has 1 unspecified atom stereocenters. The van der Waals surface area contributed by atoms with Gasteiger partial charge in [-0.15, -0.1) is 0 Å². The number of hydrogen-bond acceptors (Lipinski definition) is 4. The van der Waals surface area contributed by atoms with Gasteiger partial charge in [0, 0.05) is 21.7 Å². The molecule has 1 heterocycles. The van der Waals surface area contributed by atoms with Crippen molar-refractivity contribution in [1.29, 1.82) is 5.26 Å². The molecule has 0 fully saturated rings. The van der Waals surface area contributed by atoms with Crippen LogP contribution in [0.1, 0.15) is 17.0 Å². The quantitative estimate of drug-likeness (QED) is 0.829. The predicted molar refractivity (Wildman–Crippen MR) is 83.9 cm³/mol. The Kier molecular flexibility index (Phi) is 3.61. The monoisotopic (exact) mass is 332 g/mol. The van der Waals surface area contributed by atoms with Gasteiger partial charge in [-0.25, -0.2) is 0 Å². The molecule has 0 amide bonds. The number of hydrogen-bond donors (Lipinski definition) is 2. The molecule has 0 spiro atoms. The number of phenolic OH excluding ortho intramolecular Hbond substituents is 1. The molecule has 1 aliphatic heterocycles. The Morgan fingerprint density at radius 1 is 1.14 bits per heavy atom. The summed E-state index contributed by atoms with van der Waals surface area (Å²) in [4.78, 5) is 0. The largest absolute Gasteiger partial charge is 0.508 e. The SMILES string of the molecule is N#CC1=C(N)Oc2cc(O)ccc2C1c1ccc(Cl)cc1Cl. The van der Waals surface area contributed by atoms with Crippen molar-refractivity contribution in [2.75, 3.05) is 0 Å². The van der Waals surface area contributed by atoms with E-state index in [1.807, 2.05) is 0 Å². The van der Waals surface area contributed by atoms with Gasteiger partial charge < -0.3 is 15.6 Å². The fraction of sp³-hybridized carbons (Fsp3) is 0.0625. The second kappa shape index (κ2) is 5.45. The highest BCUT2D eigenvalue weighted by Gasteiger charge is 2.32. The second-order valence-electron chi connectivity index (χ2n) is 4.81. The highest BCUT2D eigenvalue weighted by Crippen LogP contribution is 2.45. The van der Waals surface area contributed by atoms with Crippen molar-refractivity contribution in [2.24, 2.45) is 5.73 Å². The first-order valence-electron chi connectivity index (χ1n) is 6.36. The summed E-state index contributed by atoms with van der Waals surface area (Å²) >= 11 is 12.2. The summed E-state index contributed by atoms with van der Waals surface area (Å²) in [5.41, 5.74) is 7.51. The fourth-order valence-corrected chi connectivity index (χ4v) is 3.02. The Bertz CT molecular complexity index is 841. The molecular weight excluding hydrogens is 323 g/mol. The third-order valence-corrected chi connectivity index (χ3v) is 4.04. The molecule has 2 aromatic carbocycles.